The maximum absolute atomic E-state index is 15.4. The lowest BCUT2D eigenvalue weighted by Gasteiger charge is -2.37. The van der Waals surface area contributed by atoms with Gasteiger partial charge in [-0.2, -0.15) is 0 Å². The molecule has 0 amide bonds. The summed E-state index contributed by atoms with van der Waals surface area (Å²) in [4.78, 5) is 0. The predicted molar refractivity (Wildman–Crippen MR) is 268 cm³/mol. The van der Waals surface area contributed by atoms with E-state index in [2.05, 4.69) is 241 Å². The molecule has 1 atom stereocenters. The van der Waals surface area contributed by atoms with Crippen LogP contribution in [0.3, 0.4) is 0 Å². The number of aryl methyl sites for hydroxylation is 5. The van der Waals surface area contributed by atoms with Crippen LogP contribution in [-0.2, 0) is 5.41 Å². The van der Waals surface area contributed by atoms with Crippen LogP contribution in [0.2, 0.25) is 0 Å². The van der Waals surface area contributed by atoms with Crippen LogP contribution in [0.5, 0.6) is 0 Å². The summed E-state index contributed by atoms with van der Waals surface area (Å²) >= 11 is 0. The molecular weight excluding hydrogens is 764 g/mol. The number of hydrogen-bond acceptors (Lipinski definition) is 0. The summed E-state index contributed by atoms with van der Waals surface area (Å²) < 4.78 is 15.4. The third-order valence-electron chi connectivity index (χ3n) is 12.4. The lowest BCUT2D eigenvalue weighted by atomic mass is 9.64. The Balaban J connectivity index is 0.000000129. The summed E-state index contributed by atoms with van der Waals surface area (Å²) in [6.45, 7) is 10.6. The Hall–Kier alpha value is -7.09. The van der Waals surface area contributed by atoms with Crippen LogP contribution in [0.25, 0.3) is 43.8 Å². The Morgan fingerprint density at radius 3 is 1.46 bits per heavy atom. The van der Waals surface area contributed by atoms with Crippen molar-refractivity contribution < 1.29 is 4.39 Å². The van der Waals surface area contributed by atoms with E-state index in [4.69, 9.17) is 0 Å². The van der Waals surface area contributed by atoms with Crippen LogP contribution in [0.4, 0.5) is 4.39 Å². The number of hydrogen-bond donors (Lipinski definition) is 0. The summed E-state index contributed by atoms with van der Waals surface area (Å²) in [6, 6.07) is 72.3. The van der Waals surface area contributed by atoms with Crippen molar-refractivity contribution in [3.05, 3.63) is 274 Å². The van der Waals surface area contributed by atoms with Gasteiger partial charge in [-0.15, -0.1) is 0 Å². The van der Waals surface area contributed by atoms with Crippen molar-refractivity contribution in [1.29, 1.82) is 0 Å². The quantitative estimate of drug-likeness (QED) is 0.167. The average Bonchev–Trinajstić information content (AvgIpc) is 3.60. The molecule has 0 heterocycles. The second-order valence-electron chi connectivity index (χ2n) is 16.7. The number of benzene rings is 9. The lowest BCUT2D eigenvalue weighted by Crippen LogP contribution is -2.31. The molecule has 0 saturated carbocycles. The number of fused-ring (bicyclic) bond motifs is 5. The summed E-state index contributed by atoms with van der Waals surface area (Å²) in [5, 5.41) is 5.37. The maximum Gasteiger partial charge on any atom is 0.123 e. The summed E-state index contributed by atoms with van der Waals surface area (Å²) in [7, 11) is 0. The van der Waals surface area contributed by atoms with Gasteiger partial charge in [0.05, 0.1) is 5.41 Å². The largest absolute Gasteiger partial charge is 0.207 e. The number of rotatable bonds is 3. The first-order valence-corrected chi connectivity index (χ1v) is 22.1. The average molecular weight is 819 g/mol. The minimum atomic E-state index is -0.607. The van der Waals surface area contributed by atoms with E-state index < -0.39 is 5.41 Å². The van der Waals surface area contributed by atoms with E-state index in [1.165, 1.54) is 88.3 Å². The fourth-order valence-corrected chi connectivity index (χ4v) is 9.24. The van der Waals surface area contributed by atoms with E-state index in [1.54, 1.807) is 6.08 Å². The minimum Gasteiger partial charge on any atom is -0.207 e. The first-order valence-electron chi connectivity index (χ1n) is 22.1. The number of allylic oxidation sites excluding steroid dienone is 4. The number of halogens is 1. The predicted octanol–water partition coefficient (Wildman–Crippen LogP) is 17.2. The van der Waals surface area contributed by atoms with Crippen LogP contribution in [-0.4, -0.2) is 0 Å². The van der Waals surface area contributed by atoms with Gasteiger partial charge in [0, 0.05) is 5.57 Å². The highest BCUT2D eigenvalue weighted by Gasteiger charge is 2.49. The lowest BCUT2D eigenvalue weighted by molar-refractivity contribution is 0.586. The van der Waals surface area contributed by atoms with Crippen LogP contribution in [0.1, 0.15) is 57.3 Å². The molecule has 0 saturated heterocycles. The molecule has 9 aromatic carbocycles. The van der Waals surface area contributed by atoms with Gasteiger partial charge >= 0.3 is 0 Å². The fraction of sp³-hybridized carbons (Fsp3) is 0.129. The van der Waals surface area contributed by atoms with Gasteiger partial charge in [-0.3, -0.25) is 0 Å². The van der Waals surface area contributed by atoms with Crippen LogP contribution < -0.4 is 0 Å². The third-order valence-corrected chi connectivity index (χ3v) is 12.4. The van der Waals surface area contributed by atoms with E-state index in [1.807, 2.05) is 6.07 Å². The third kappa shape index (κ3) is 8.97. The van der Waals surface area contributed by atoms with Crippen molar-refractivity contribution in [2.75, 3.05) is 0 Å². The molecule has 0 N–H and O–H groups in total. The SMILES string of the molecule is Cc1ccc(-c2ccccc2)cc1.Cc1ccc2c(c1)C(C1=CCCC=C1F)(c1ccccc1C)c1ccccc1-2.Cc1cccc2ccccc12.Cc1cccc2ccccc12. The zero-order valence-electron chi connectivity index (χ0n) is 37.1. The molecule has 11 rings (SSSR count). The highest BCUT2D eigenvalue weighted by molar-refractivity contribution is 5.88. The zero-order chi connectivity index (χ0) is 43.8. The molecule has 0 nitrogen and oxygen atoms in total. The van der Waals surface area contributed by atoms with E-state index in [-0.39, 0.29) is 5.83 Å². The molecule has 0 spiro atoms. The second-order valence-corrected chi connectivity index (χ2v) is 16.7. The van der Waals surface area contributed by atoms with Gasteiger partial charge in [0.2, 0.25) is 0 Å². The molecule has 2 aliphatic rings. The summed E-state index contributed by atoms with van der Waals surface area (Å²) in [5.41, 5.74) is 15.1. The van der Waals surface area contributed by atoms with E-state index >= 15 is 4.39 Å². The van der Waals surface area contributed by atoms with Crippen LogP contribution in [0, 0.1) is 34.6 Å². The minimum absolute atomic E-state index is 0.0846. The monoisotopic (exact) mass is 818 g/mol. The summed E-state index contributed by atoms with van der Waals surface area (Å²) in [6.07, 6.45) is 5.52. The van der Waals surface area contributed by atoms with Gasteiger partial charge in [-0.05, 0) is 131 Å². The zero-order valence-corrected chi connectivity index (χ0v) is 37.1. The molecular formula is C62H55F. The van der Waals surface area contributed by atoms with Crippen molar-refractivity contribution in [2.24, 2.45) is 0 Å². The smallest absolute Gasteiger partial charge is 0.123 e. The Morgan fingerprint density at radius 2 is 0.841 bits per heavy atom. The molecule has 2 aliphatic carbocycles. The fourth-order valence-electron chi connectivity index (χ4n) is 9.24. The van der Waals surface area contributed by atoms with Gasteiger partial charge in [-0.25, -0.2) is 4.39 Å². The van der Waals surface area contributed by atoms with Crippen molar-refractivity contribution in [3.8, 4) is 22.3 Å². The molecule has 0 bridgehead atoms. The van der Waals surface area contributed by atoms with E-state index in [0.29, 0.717) is 0 Å². The molecule has 0 aliphatic heterocycles. The molecule has 63 heavy (non-hydrogen) atoms. The van der Waals surface area contributed by atoms with Crippen molar-refractivity contribution in [2.45, 2.75) is 52.9 Å². The molecule has 1 heteroatoms. The second kappa shape index (κ2) is 19.3. The Morgan fingerprint density at radius 1 is 0.365 bits per heavy atom. The van der Waals surface area contributed by atoms with Gasteiger partial charge in [0.15, 0.2) is 0 Å². The first kappa shape index (κ1) is 42.6. The highest BCUT2D eigenvalue weighted by atomic mass is 19.1. The van der Waals surface area contributed by atoms with Gasteiger partial charge < -0.3 is 0 Å². The topological polar surface area (TPSA) is 0 Å². The molecule has 9 aromatic rings. The Bertz CT molecular complexity index is 2970. The van der Waals surface area contributed by atoms with Crippen LogP contribution in [0.15, 0.2) is 230 Å². The first-order chi connectivity index (χ1) is 30.8. The normalized spacial score (nSPS) is 14.6. The molecule has 0 radical (unpaired) electrons. The van der Waals surface area contributed by atoms with Crippen LogP contribution >= 0.6 is 0 Å². The van der Waals surface area contributed by atoms with Crippen molar-refractivity contribution >= 4 is 21.5 Å². The maximum atomic E-state index is 15.4. The standard InChI is InChI=1S/C27H23F.C13H12.2C11H10/c1-18-15-16-21-20-10-4-6-12-23(20)27(25(21)17-18,22-11-5-3-9-19(22)2)24-13-7-8-14-26(24)28;1-11-7-9-13(10-8-11)12-5-3-2-4-6-12;2*1-9-5-4-7-10-6-2-3-8-11(9)10/h3-6,9-17H,7-8H2,1-2H3;2-10H,1H3;2*2-8H,1H3. The van der Waals surface area contributed by atoms with Gasteiger partial charge in [0.25, 0.3) is 0 Å². The summed E-state index contributed by atoms with van der Waals surface area (Å²) in [5.74, 6) is -0.0846. The van der Waals surface area contributed by atoms with Gasteiger partial charge in [-0.1, -0.05) is 223 Å². The van der Waals surface area contributed by atoms with E-state index in [0.717, 1.165) is 18.4 Å². The highest BCUT2D eigenvalue weighted by Crippen LogP contribution is 2.59. The van der Waals surface area contributed by atoms with Crippen molar-refractivity contribution in [1.82, 2.24) is 0 Å². The Kier molecular flexibility index (Phi) is 13.1. The molecule has 1 unspecified atom stereocenters. The molecule has 310 valence electrons. The van der Waals surface area contributed by atoms with E-state index in [9.17, 15) is 0 Å². The van der Waals surface area contributed by atoms with Crippen molar-refractivity contribution in [3.63, 3.8) is 0 Å². The molecule has 0 fully saturated rings. The molecule has 0 aromatic heterocycles. The van der Waals surface area contributed by atoms with Gasteiger partial charge in [0.1, 0.15) is 5.83 Å². The Labute approximate surface area is 373 Å².